The molecule has 1 fully saturated rings. The lowest BCUT2D eigenvalue weighted by Crippen LogP contribution is -2.40. The predicted octanol–water partition coefficient (Wildman–Crippen LogP) is 3.25. The van der Waals surface area contributed by atoms with Gasteiger partial charge in [0.25, 0.3) is 0 Å². The number of carbonyl (C=O) groups excluding carboxylic acids is 1. The van der Waals surface area contributed by atoms with Gasteiger partial charge in [0.2, 0.25) is 5.91 Å². The van der Waals surface area contributed by atoms with E-state index in [2.05, 4.69) is 10.3 Å². The smallest absolute Gasteiger partial charge is 0.351 e. The number of benzene rings is 1. The van der Waals surface area contributed by atoms with Gasteiger partial charge < -0.3 is 9.88 Å². The number of halogens is 3. The summed E-state index contributed by atoms with van der Waals surface area (Å²) in [6.07, 6.45) is -3.37. The molecule has 1 N–H and O–H groups in total. The van der Waals surface area contributed by atoms with Gasteiger partial charge in [-0.3, -0.25) is 4.79 Å². The summed E-state index contributed by atoms with van der Waals surface area (Å²) in [5.41, 5.74) is 0.0640. The second-order valence-electron chi connectivity index (χ2n) is 7.12. The first-order valence-electron chi connectivity index (χ1n) is 9.25. The Hall–Kier alpha value is -1.75. The molecule has 29 heavy (non-hydrogen) atoms. The quantitative estimate of drug-likeness (QED) is 0.685. The van der Waals surface area contributed by atoms with Crippen LogP contribution in [0.1, 0.15) is 32.3 Å². The van der Waals surface area contributed by atoms with E-state index in [0.29, 0.717) is 35.6 Å². The molecular formula is C18H22F3N3O3S2. The lowest BCUT2D eigenvalue weighted by atomic mass is 10.2. The van der Waals surface area contributed by atoms with Crippen LogP contribution >= 0.6 is 11.8 Å². The second-order valence-corrected chi connectivity index (χ2v) is 10.7. The largest absolute Gasteiger partial charge is 0.416 e. The number of fused-ring (bicyclic) bond motifs is 1. The molecule has 1 aromatic heterocycles. The van der Waals surface area contributed by atoms with E-state index >= 15 is 0 Å². The third-order valence-electron chi connectivity index (χ3n) is 4.72. The van der Waals surface area contributed by atoms with Crippen LogP contribution < -0.4 is 5.32 Å². The molecule has 0 spiro atoms. The van der Waals surface area contributed by atoms with Gasteiger partial charge in [-0.25, -0.2) is 13.4 Å². The number of carbonyl (C=O) groups is 1. The molecule has 3 rings (SSSR count). The highest BCUT2D eigenvalue weighted by molar-refractivity contribution is 8.00. The van der Waals surface area contributed by atoms with Crippen molar-refractivity contribution >= 4 is 38.5 Å². The molecule has 0 saturated carbocycles. The number of aryl methyl sites for hydroxylation is 1. The maximum atomic E-state index is 13.1. The molecule has 11 heteroatoms. The van der Waals surface area contributed by atoms with E-state index in [9.17, 15) is 26.4 Å². The van der Waals surface area contributed by atoms with Crippen molar-refractivity contribution in [2.75, 3.05) is 11.5 Å². The minimum absolute atomic E-state index is 0.0628. The van der Waals surface area contributed by atoms with Crippen molar-refractivity contribution in [3.8, 4) is 0 Å². The second kappa shape index (κ2) is 8.17. The predicted molar refractivity (Wildman–Crippen MR) is 106 cm³/mol. The number of alkyl halides is 3. The van der Waals surface area contributed by atoms with Crippen molar-refractivity contribution in [2.24, 2.45) is 0 Å². The van der Waals surface area contributed by atoms with Gasteiger partial charge in [-0.1, -0.05) is 18.7 Å². The first kappa shape index (κ1) is 21.9. The number of nitrogens with one attached hydrogen (secondary N) is 1. The van der Waals surface area contributed by atoms with Gasteiger partial charge in [-0.15, -0.1) is 0 Å². The molecule has 1 aromatic carbocycles. The Morgan fingerprint density at radius 1 is 1.41 bits per heavy atom. The van der Waals surface area contributed by atoms with Crippen LogP contribution in [-0.4, -0.2) is 46.7 Å². The molecule has 2 aromatic rings. The molecule has 0 aliphatic carbocycles. The maximum absolute atomic E-state index is 13.1. The van der Waals surface area contributed by atoms with E-state index in [1.165, 1.54) is 6.07 Å². The molecule has 2 atom stereocenters. The van der Waals surface area contributed by atoms with Crippen LogP contribution in [-0.2, 0) is 27.4 Å². The first-order valence-corrected chi connectivity index (χ1v) is 11.9. The fourth-order valence-corrected chi connectivity index (χ4v) is 5.88. The monoisotopic (exact) mass is 449 g/mol. The average molecular weight is 450 g/mol. The van der Waals surface area contributed by atoms with Gasteiger partial charge in [0.15, 0.2) is 15.0 Å². The van der Waals surface area contributed by atoms with Crippen LogP contribution in [0.5, 0.6) is 0 Å². The topological polar surface area (TPSA) is 81.1 Å². The van der Waals surface area contributed by atoms with Crippen LogP contribution in [0.2, 0.25) is 0 Å². The van der Waals surface area contributed by atoms with E-state index in [-0.39, 0.29) is 17.4 Å². The van der Waals surface area contributed by atoms with E-state index in [1.807, 2.05) is 6.92 Å². The van der Waals surface area contributed by atoms with Crippen LogP contribution in [0.4, 0.5) is 13.2 Å². The molecule has 1 aliphatic rings. The minimum atomic E-state index is -4.45. The zero-order valence-corrected chi connectivity index (χ0v) is 17.6. The molecule has 160 valence electrons. The summed E-state index contributed by atoms with van der Waals surface area (Å²) in [7, 11) is -3.10. The van der Waals surface area contributed by atoms with Gasteiger partial charge in [-0.2, -0.15) is 13.2 Å². The Morgan fingerprint density at radius 2 is 2.14 bits per heavy atom. The Kier molecular flexibility index (Phi) is 6.19. The summed E-state index contributed by atoms with van der Waals surface area (Å²) in [4.78, 5) is 16.9. The fraction of sp³-hybridized carbons (Fsp3) is 0.556. The number of nitrogens with zero attached hydrogens (tertiary/aromatic N) is 2. The van der Waals surface area contributed by atoms with Gasteiger partial charge in [0.1, 0.15) is 0 Å². The number of sulfone groups is 1. The molecule has 0 radical (unpaired) electrons. The Bertz CT molecular complexity index is 1020. The molecule has 2 heterocycles. The summed E-state index contributed by atoms with van der Waals surface area (Å²) in [5.74, 6) is -0.318. The van der Waals surface area contributed by atoms with Crippen LogP contribution in [0.15, 0.2) is 23.4 Å². The fourth-order valence-electron chi connectivity index (χ4n) is 3.25. The standard InChI is InChI=1S/C18H22F3N3O3S2/c1-3-7-24-15-9-12(18(19,20)21)4-5-14(15)23-17(24)28-11(2)16(25)22-13-6-8-29(26,27)10-13/h4-5,9,11,13H,3,6-8,10H2,1-2H3,(H,22,25)/t11-,13-/m1/s1. The minimum Gasteiger partial charge on any atom is -0.351 e. The number of imidazole rings is 1. The number of hydrogen-bond acceptors (Lipinski definition) is 5. The van der Waals surface area contributed by atoms with E-state index in [0.717, 1.165) is 23.9 Å². The highest BCUT2D eigenvalue weighted by Crippen LogP contribution is 2.34. The van der Waals surface area contributed by atoms with Crippen LogP contribution in [0.25, 0.3) is 11.0 Å². The molecule has 0 unspecified atom stereocenters. The number of rotatable bonds is 6. The number of thioether (sulfide) groups is 1. The number of hydrogen-bond donors (Lipinski definition) is 1. The lowest BCUT2D eigenvalue weighted by molar-refractivity contribution is -0.137. The summed E-state index contributed by atoms with van der Waals surface area (Å²) < 4.78 is 64.0. The maximum Gasteiger partial charge on any atom is 0.416 e. The molecule has 0 bridgehead atoms. The Morgan fingerprint density at radius 3 is 2.72 bits per heavy atom. The summed E-state index contributed by atoms with van der Waals surface area (Å²) in [6, 6.07) is 3.01. The Labute approximate surface area is 171 Å². The van der Waals surface area contributed by atoms with E-state index in [4.69, 9.17) is 0 Å². The molecular weight excluding hydrogens is 427 g/mol. The lowest BCUT2D eigenvalue weighted by Gasteiger charge is -2.16. The highest BCUT2D eigenvalue weighted by atomic mass is 32.2. The van der Waals surface area contributed by atoms with Crippen molar-refractivity contribution in [3.05, 3.63) is 23.8 Å². The molecule has 1 amide bonds. The van der Waals surface area contributed by atoms with Gasteiger partial charge in [0, 0.05) is 12.6 Å². The third-order valence-corrected chi connectivity index (χ3v) is 7.58. The SMILES string of the molecule is CCCn1c(S[C@H](C)C(=O)N[C@@H]2CCS(=O)(=O)C2)nc2ccc(C(F)(F)F)cc21. The average Bonchev–Trinajstić information content (AvgIpc) is 3.13. The zero-order valence-electron chi connectivity index (χ0n) is 16.0. The van der Waals surface area contributed by atoms with Crippen molar-refractivity contribution in [3.63, 3.8) is 0 Å². The van der Waals surface area contributed by atoms with Crippen molar-refractivity contribution in [1.29, 1.82) is 0 Å². The molecule has 1 saturated heterocycles. The Balaban J connectivity index is 1.81. The van der Waals surface area contributed by atoms with Crippen LogP contribution in [0, 0.1) is 0 Å². The van der Waals surface area contributed by atoms with Crippen molar-refractivity contribution in [2.45, 2.75) is 55.9 Å². The zero-order chi connectivity index (χ0) is 21.4. The highest BCUT2D eigenvalue weighted by Gasteiger charge is 2.32. The van der Waals surface area contributed by atoms with Gasteiger partial charge >= 0.3 is 6.18 Å². The van der Waals surface area contributed by atoms with E-state index in [1.54, 1.807) is 11.5 Å². The third kappa shape index (κ3) is 5.06. The summed E-state index contributed by atoms with van der Waals surface area (Å²) >= 11 is 1.15. The summed E-state index contributed by atoms with van der Waals surface area (Å²) in [6.45, 7) is 4.04. The number of amides is 1. The van der Waals surface area contributed by atoms with Crippen molar-refractivity contribution in [1.82, 2.24) is 14.9 Å². The first-order chi connectivity index (χ1) is 13.5. The number of aromatic nitrogens is 2. The van der Waals surface area contributed by atoms with Gasteiger partial charge in [0.05, 0.1) is 33.4 Å². The summed E-state index contributed by atoms with van der Waals surface area (Å²) in [5, 5.41) is 2.63. The van der Waals surface area contributed by atoms with Crippen LogP contribution in [0.3, 0.4) is 0 Å². The van der Waals surface area contributed by atoms with Gasteiger partial charge in [-0.05, 0) is 38.0 Å². The molecule has 1 aliphatic heterocycles. The normalized spacial score (nSPS) is 20.1. The molecule has 6 nitrogen and oxygen atoms in total. The van der Waals surface area contributed by atoms with E-state index < -0.39 is 32.9 Å². The van der Waals surface area contributed by atoms with Crippen molar-refractivity contribution < 1.29 is 26.4 Å².